The molecule has 0 aromatic heterocycles. The zero-order chi connectivity index (χ0) is 19.7. The fourth-order valence-corrected chi connectivity index (χ4v) is 3.46. The second kappa shape index (κ2) is 7.38. The second-order valence-electron chi connectivity index (χ2n) is 7.25. The van der Waals surface area contributed by atoms with Crippen molar-refractivity contribution in [2.75, 3.05) is 30.4 Å². The van der Waals surface area contributed by atoms with E-state index in [1.54, 1.807) is 36.2 Å². The zero-order valence-electron chi connectivity index (χ0n) is 15.8. The van der Waals surface area contributed by atoms with E-state index in [4.69, 9.17) is 0 Å². The third-order valence-corrected chi connectivity index (χ3v) is 4.84. The molecular weight excluding hydrogens is 348 g/mol. The summed E-state index contributed by atoms with van der Waals surface area (Å²) in [5.41, 5.74) is 0.894. The molecule has 0 bridgehead atoms. The van der Waals surface area contributed by atoms with Crippen molar-refractivity contribution in [2.24, 2.45) is 5.92 Å². The monoisotopic (exact) mass is 372 g/mol. The first kappa shape index (κ1) is 18.9. The van der Waals surface area contributed by atoms with Gasteiger partial charge in [0, 0.05) is 25.2 Å². The molecule has 2 fully saturated rings. The van der Waals surface area contributed by atoms with E-state index < -0.39 is 12.1 Å². The van der Waals surface area contributed by atoms with Crippen LogP contribution in [0.25, 0.3) is 0 Å². The minimum absolute atomic E-state index is 0.0299. The van der Waals surface area contributed by atoms with Gasteiger partial charge in [0.05, 0.1) is 5.69 Å². The van der Waals surface area contributed by atoms with Crippen LogP contribution in [0.1, 0.15) is 26.7 Å². The SMILES string of the molecule is CC(C)C(=O)N1CCCC1C(=O)Nc1cccc(N2C(=O)CN(C)C2=O)c1. The molecular formula is C19H24N4O4. The first-order chi connectivity index (χ1) is 12.8. The molecule has 1 aromatic rings. The number of hydrogen-bond acceptors (Lipinski definition) is 4. The Hall–Kier alpha value is -2.90. The van der Waals surface area contributed by atoms with Gasteiger partial charge in [0.25, 0.3) is 5.91 Å². The maximum absolute atomic E-state index is 12.7. The van der Waals surface area contributed by atoms with Crippen LogP contribution in [0.3, 0.4) is 0 Å². The van der Waals surface area contributed by atoms with Crippen LogP contribution in [0.15, 0.2) is 24.3 Å². The van der Waals surface area contributed by atoms with Crippen LogP contribution < -0.4 is 10.2 Å². The Morgan fingerprint density at radius 2 is 1.96 bits per heavy atom. The van der Waals surface area contributed by atoms with Crippen molar-refractivity contribution >= 4 is 35.1 Å². The molecule has 8 nitrogen and oxygen atoms in total. The van der Waals surface area contributed by atoms with Crippen molar-refractivity contribution in [3.63, 3.8) is 0 Å². The molecule has 2 saturated heterocycles. The summed E-state index contributed by atoms with van der Waals surface area (Å²) in [6.07, 6.45) is 1.41. The lowest BCUT2D eigenvalue weighted by Gasteiger charge is -2.25. The van der Waals surface area contributed by atoms with Gasteiger partial charge in [0.1, 0.15) is 12.6 Å². The molecule has 2 aliphatic heterocycles. The molecule has 27 heavy (non-hydrogen) atoms. The Bertz CT molecular complexity index is 792. The smallest absolute Gasteiger partial charge is 0.330 e. The number of hydrogen-bond donors (Lipinski definition) is 1. The second-order valence-corrected chi connectivity index (χ2v) is 7.25. The molecule has 1 unspecified atom stereocenters. The Balaban J connectivity index is 1.75. The van der Waals surface area contributed by atoms with Crippen molar-refractivity contribution in [2.45, 2.75) is 32.7 Å². The molecule has 0 aliphatic carbocycles. The van der Waals surface area contributed by atoms with Gasteiger partial charge in [-0.05, 0) is 31.0 Å². The van der Waals surface area contributed by atoms with E-state index in [0.717, 1.165) is 11.3 Å². The van der Waals surface area contributed by atoms with Crippen molar-refractivity contribution in [1.82, 2.24) is 9.80 Å². The van der Waals surface area contributed by atoms with E-state index in [0.29, 0.717) is 24.3 Å². The highest BCUT2D eigenvalue weighted by Gasteiger charge is 2.36. The van der Waals surface area contributed by atoms with E-state index in [1.807, 2.05) is 13.8 Å². The molecule has 1 N–H and O–H groups in total. The normalized spacial score (nSPS) is 20.0. The van der Waals surface area contributed by atoms with Gasteiger partial charge in [0.15, 0.2) is 0 Å². The lowest BCUT2D eigenvalue weighted by molar-refractivity contribution is -0.139. The summed E-state index contributed by atoms with van der Waals surface area (Å²) in [4.78, 5) is 53.3. The number of rotatable bonds is 4. The summed E-state index contributed by atoms with van der Waals surface area (Å²) in [6.45, 7) is 4.25. The predicted octanol–water partition coefficient (Wildman–Crippen LogP) is 1.67. The van der Waals surface area contributed by atoms with E-state index in [9.17, 15) is 19.2 Å². The summed E-state index contributed by atoms with van der Waals surface area (Å²) in [7, 11) is 1.56. The zero-order valence-corrected chi connectivity index (χ0v) is 15.8. The quantitative estimate of drug-likeness (QED) is 0.814. The summed E-state index contributed by atoms with van der Waals surface area (Å²) >= 11 is 0. The molecule has 5 amide bonds. The van der Waals surface area contributed by atoms with E-state index in [2.05, 4.69) is 5.32 Å². The van der Waals surface area contributed by atoms with E-state index >= 15 is 0 Å². The maximum Gasteiger partial charge on any atom is 0.331 e. The average Bonchev–Trinajstić information content (AvgIpc) is 3.19. The maximum atomic E-state index is 12.7. The molecule has 1 atom stereocenters. The molecule has 0 radical (unpaired) electrons. The average molecular weight is 372 g/mol. The fourth-order valence-electron chi connectivity index (χ4n) is 3.46. The third-order valence-electron chi connectivity index (χ3n) is 4.84. The lowest BCUT2D eigenvalue weighted by atomic mass is 10.1. The van der Waals surface area contributed by atoms with Gasteiger partial charge in [0.2, 0.25) is 11.8 Å². The number of imide groups is 1. The van der Waals surface area contributed by atoms with Crippen molar-refractivity contribution in [1.29, 1.82) is 0 Å². The number of amides is 5. The molecule has 8 heteroatoms. The Morgan fingerprint density at radius 3 is 2.59 bits per heavy atom. The van der Waals surface area contributed by atoms with Crippen LogP contribution in [0.5, 0.6) is 0 Å². The first-order valence-electron chi connectivity index (χ1n) is 9.09. The first-order valence-corrected chi connectivity index (χ1v) is 9.09. The Morgan fingerprint density at radius 1 is 1.22 bits per heavy atom. The molecule has 2 aliphatic rings. The van der Waals surface area contributed by atoms with Crippen LogP contribution in [0.2, 0.25) is 0 Å². The van der Waals surface area contributed by atoms with Gasteiger partial charge in [-0.15, -0.1) is 0 Å². The van der Waals surface area contributed by atoms with E-state index in [-0.39, 0.29) is 30.2 Å². The number of likely N-dealkylation sites (tertiary alicyclic amines) is 1. The van der Waals surface area contributed by atoms with Crippen LogP contribution >= 0.6 is 0 Å². The Labute approximate surface area is 158 Å². The minimum atomic E-state index is -0.496. The van der Waals surface area contributed by atoms with E-state index in [1.165, 1.54) is 4.90 Å². The molecule has 0 saturated carbocycles. The number of carbonyl (C=O) groups is 4. The number of likely N-dealkylation sites (N-methyl/N-ethyl adjacent to an activating group) is 1. The standard InChI is InChI=1S/C19H24N4O4/c1-12(2)18(26)22-9-5-8-15(22)17(25)20-13-6-4-7-14(10-13)23-16(24)11-21(3)19(23)27/h4,6-7,10,12,15H,5,8-9,11H2,1-3H3,(H,20,25). The van der Waals surface area contributed by atoms with Gasteiger partial charge < -0.3 is 15.1 Å². The number of benzene rings is 1. The summed E-state index contributed by atoms with van der Waals surface area (Å²) in [5.74, 6) is -0.756. The topological polar surface area (TPSA) is 90.0 Å². The van der Waals surface area contributed by atoms with Gasteiger partial charge >= 0.3 is 6.03 Å². The molecule has 144 valence electrons. The highest BCUT2D eigenvalue weighted by Crippen LogP contribution is 2.25. The molecule has 1 aromatic carbocycles. The van der Waals surface area contributed by atoms with Crippen LogP contribution in [0.4, 0.5) is 16.2 Å². The van der Waals surface area contributed by atoms with Crippen LogP contribution in [-0.4, -0.2) is 59.7 Å². The summed E-state index contributed by atoms with van der Waals surface area (Å²) in [5, 5.41) is 2.82. The van der Waals surface area contributed by atoms with Gasteiger partial charge in [-0.3, -0.25) is 14.4 Å². The lowest BCUT2D eigenvalue weighted by Crippen LogP contribution is -2.44. The molecule has 2 heterocycles. The molecule has 0 spiro atoms. The number of anilines is 2. The van der Waals surface area contributed by atoms with Crippen LogP contribution in [0, 0.1) is 5.92 Å². The number of nitrogens with zero attached hydrogens (tertiary/aromatic N) is 3. The van der Waals surface area contributed by atoms with Crippen molar-refractivity contribution in [3.8, 4) is 0 Å². The minimum Gasteiger partial charge on any atom is -0.330 e. The van der Waals surface area contributed by atoms with Crippen molar-refractivity contribution in [3.05, 3.63) is 24.3 Å². The third kappa shape index (κ3) is 3.65. The Kier molecular flexibility index (Phi) is 5.16. The number of urea groups is 1. The highest BCUT2D eigenvalue weighted by molar-refractivity contribution is 6.19. The van der Waals surface area contributed by atoms with Gasteiger partial charge in [-0.25, -0.2) is 9.69 Å². The fraction of sp³-hybridized carbons (Fsp3) is 0.474. The van der Waals surface area contributed by atoms with Crippen LogP contribution in [-0.2, 0) is 14.4 Å². The largest absolute Gasteiger partial charge is 0.331 e. The summed E-state index contributed by atoms with van der Waals surface area (Å²) < 4.78 is 0. The molecule has 3 rings (SSSR count). The predicted molar refractivity (Wildman–Crippen MR) is 100 cm³/mol. The number of carbonyl (C=O) groups excluding carboxylic acids is 4. The van der Waals surface area contributed by atoms with Gasteiger partial charge in [-0.1, -0.05) is 19.9 Å². The summed E-state index contributed by atoms with van der Waals surface area (Å²) in [6, 6.07) is 5.72. The van der Waals surface area contributed by atoms with Crippen molar-refractivity contribution < 1.29 is 19.2 Å². The van der Waals surface area contributed by atoms with Gasteiger partial charge in [-0.2, -0.15) is 0 Å². The number of nitrogens with one attached hydrogen (secondary N) is 1. The highest BCUT2D eigenvalue weighted by atomic mass is 16.2.